The Hall–Kier alpha value is -1.55. The van der Waals surface area contributed by atoms with Gasteiger partial charge in [-0.05, 0) is 43.4 Å². The highest BCUT2D eigenvalue weighted by Crippen LogP contribution is 2.25. The molecule has 0 amide bonds. The largest absolute Gasteiger partial charge is 0.508 e. The maximum atomic E-state index is 11.4. The van der Waals surface area contributed by atoms with Gasteiger partial charge in [-0.15, -0.1) is 0 Å². The van der Waals surface area contributed by atoms with Crippen molar-refractivity contribution in [3.05, 3.63) is 29.8 Å². The first-order valence-corrected chi connectivity index (χ1v) is 6.78. The molecular formula is C15H21NO3. The minimum atomic E-state index is -0.0774. The molecule has 1 aromatic carbocycles. The lowest BCUT2D eigenvalue weighted by atomic mass is 9.86. The minimum absolute atomic E-state index is 0.0730. The summed E-state index contributed by atoms with van der Waals surface area (Å²) in [6.45, 7) is 0.752. The summed E-state index contributed by atoms with van der Waals surface area (Å²) in [4.78, 5) is 11.4. The molecule has 2 N–H and O–H groups in total. The number of methoxy groups -OCH3 is 1. The van der Waals surface area contributed by atoms with Gasteiger partial charge in [0.05, 0.1) is 13.0 Å². The van der Waals surface area contributed by atoms with E-state index in [0.29, 0.717) is 11.8 Å². The first kappa shape index (κ1) is 13.9. The first-order chi connectivity index (χ1) is 9.19. The average Bonchev–Trinajstić information content (AvgIpc) is 2.45. The molecule has 1 aliphatic carbocycles. The monoisotopic (exact) mass is 263 g/mol. The van der Waals surface area contributed by atoms with Crippen LogP contribution in [0.3, 0.4) is 0 Å². The number of nitrogens with one attached hydrogen (secondary N) is 1. The average molecular weight is 263 g/mol. The van der Waals surface area contributed by atoms with Crippen molar-refractivity contribution in [3.8, 4) is 5.75 Å². The van der Waals surface area contributed by atoms with Gasteiger partial charge in [0.15, 0.2) is 0 Å². The number of carbonyl (C=O) groups is 1. The van der Waals surface area contributed by atoms with E-state index in [4.69, 9.17) is 4.74 Å². The van der Waals surface area contributed by atoms with E-state index in [9.17, 15) is 9.90 Å². The van der Waals surface area contributed by atoms with Crippen LogP contribution in [-0.2, 0) is 16.1 Å². The lowest BCUT2D eigenvalue weighted by Gasteiger charge is -2.27. The van der Waals surface area contributed by atoms with Crippen LogP contribution < -0.4 is 5.32 Å². The Labute approximate surface area is 113 Å². The highest BCUT2D eigenvalue weighted by molar-refractivity contribution is 5.72. The van der Waals surface area contributed by atoms with Crippen molar-refractivity contribution in [2.45, 2.75) is 38.3 Å². The number of phenolic OH excluding ortho intramolecular Hbond substituents is 1. The summed E-state index contributed by atoms with van der Waals surface area (Å²) in [7, 11) is 1.45. The fourth-order valence-corrected chi connectivity index (χ4v) is 2.63. The highest BCUT2D eigenvalue weighted by atomic mass is 16.5. The molecule has 19 heavy (non-hydrogen) atoms. The number of phenols is 1. The molecule has 1 saturated carbocycles. The summed E-state index contributed by atoms with van der Waals surface area (Å²) in [6, 6.07) is 7.73. The van der Waals surface area contributed by atoms with Gasteiger partial charge in [0, 0.05) is 12.6 Å². The van der Waals surface area contributed by atoms with E-state index in [-0.39, 0.29) is 11.9 Å². The second-order valence-electron chi connectivity index (χ2n) is 5.12. The summed E-state index contributed by atoms with van der Waals surface area (Å²) in [5, 5.41) is 12.9. The lowest BCUT2D eigenvalue weighted by molar-refractivity contribution is -0.146. The topological polar surface area (TPSA) is 58.6 Å². The Kier molecular flexibility index (Phi) is 4.80. The molecule has 0 aromatic heterocycles. The number of hydrogen-bond acceptors (Lipinski definition) is 4. The molecule has 104 valence electrons. The van der Waals surface area contributed by atoms with Crippen LogP contribution in [0, 0.1) is 5.92 Å². The zero-order chi connectivity index (χ0) is 13.7. The number of esters is 1. The second kappa shape index (κ2) is 6.57. The van der Waals surface area contributed by atoms with Crippen LogP contribution in [0.15, 0.2) is 24.3 Å². The molecule has 0 aliphatic heterocycles. The minimum Gasteiger partial charge on any atom is -0.508 e. The van der Waals surface area contributed by atoms with E-state index in [2.05, 4.69) is 5.32 Å². The number of rotatable bonds is 4. The van der Waals surface area contributed by atoms with E-state index >= 15 is 0 Å². The van der Waals surface area contributed by atoms with E-state index < -0.39 is 0 Å². The Bertz CT molecular complexity index is 425. The summed E-state index contributed by atoms with van der Waals surface area (Å²) >= 11 is 0. The number of carbonyl (C=O) groups excluding carboxylic acids is 1. The van der Waals surface area contributed by atoms with Gasteiger partial charge in [-0.25, -0.2) is 0 Å². The van der Waals surface area contributed by atoms with Crippen LogP contribution in [0.5, 0.6) is 5.75 Å². The predicted molar refractivity (Wildman–Crippen MR) is 72.7 cm³/mol. The second-order valence-corrected chi connectivity index (χ2v) is 5.12. The zero-order valence-electron chi connectivity index (χ0n) is 11.3. The van der Waals surface area contributed by atoms with Crippen LogP contribution in [0.2, 0.25) is 0 Å². The molecule has 0 heterocycles. The normalized spacial score (nSPS) is 23.0. The molecule has 4 nitrogen and oxygen atoms in total. The van der Waals surface area contributed by atoms with Crippen molar-refractivity contribution in [2.24, 2.45) is 5.92 Å². The third-order valence-electron chi connectivity index (χ3n) is 3.77. The maximum absolute atomic E-state index is 11.4. The first-order valence-electron chi connectivity index (χ1n) is 6.78. The maximum Gasteiger partial charge on any atom is 0.308 e. The van der Waals surface area contributed by atoms with Crippen molar-refractivity contribution in [1.82, 2.24) is 5.32 Å². The third-order valence-corrected chi connectivity index (χ3v) is 3.77. The van der Waals surface area contributed by atoms with Gasteiger partial charge in [0.1, 0.15) is 5.75 Å². The summed E-state index contributed by atoms with van der Waals surface area (Å²) in [6.07, 6.45) is 3.78. The third kappa shape index (κ3) is 3.96. The van der Waals surface area contributed by atoms with Crippen LogP contribution in [0.25, 0.3) is 0 Å². The quantitative estimate of drug-likeness (QED) is 0.818. The lowest BCUT2D eigenvalue weighted by Crippen LogP contribution is -2.34. The molecule has 1 aliphatic rings. The number of ether oxygens (including phenoxy) is 1. The summed E-state index contributed by atoms with van der Waals surface area (Å²) in [5.74, 6) is 0.295. The molecule has 0 spiro atoms. The van der Waals surface area contributed by atoms with Gasteiger partial charge in [0.2, 0.25) is 0 Å². The van der Waals surface area contributed by atoms with E-state index in [1.54, 1.807) is 12.1 Å². The molecular weight excluding hydrogens is 242 g/mol. The number of benzene rings is 1. The van der Waals surface area contributed by atoms with Gasteiger partial charge in [0.25, 0.3) is 0 Å². The Balaban J connectivity index is 1.75. The van der Waals surface area contributed by atoms with Crippen molar-refractivity contribution in [2.75, 3.05) is 7.11 Å². The molecule has 0 atom stereocenters. The van der Waals surface area contributed by atoms with Gasteiger partial charge in [-0.1, -0.05) is 12.1 Å². The Morgan fingerprint density at radius 2 is 2.11 bits per heavy atom. The van der Waals surface area contributed by atoms with Crippen molar-refractivity contribution >= 4 is 5.97 Å². The van der Waals surface area contributed by atoms with Gasteiger partial charge < -0.3 is 15.2 Å². The summed E-state index contributed by atoms with van der Waals surface area (Å²) < 4.78 is 4.78. The number of hydrogen-bond donors (Lipinski definition) is 2. The van der Waals surface area contributed by atoms with Crippen molar-refractivity contribution in [1.29, 1.82) is 0 Å². The van der Waals surface area contributed by atoms with Crippen molar-refractivity contribution < 1.29 is 14.6 Å². The van der Waals surface area contributed by atoms with E-state index in [0.717, 1.165) is 37.8 Å². The smallest absolute Gasteiger partial charge is 0.308 e. The molecule has 4 heteroatoms. The SMILES string of the molecule is COC(=O)C1CCC(NCc2cccc(O)c2)CC1. The van der Waals surface area contributed by atoms with Crippen LogP contribution in [-0.4, -0.2) is 24.2 Å². The molecule has 1 aromatic rings. The molecule has 1 fully saturated rings. The van der Waals surface area contributed by atoms with Crippen LogP contribution in [0.4, 0.5) is 0 Å². The van der Waals surface area contributed by atoms with E-state index in [1.807, 2.05) is 12.1 Å². The van der Waals surface area contributed by atoms with Gasteiger partial charge in [-0.2, -0.15) is 0 Å². The molecule has 0 bridgehead atoms. The fourth-order valence-electron chi connectivity index (χ4n) is 2.63. The summed E-state index contributed by atoms with van der Waals surface area (Å²) in [5.41, 5.74) is 1.08. The van der Waals surface area contributed by atoms with Gasteiger partial charge >= 0.3 is 5.97 Å². The molecule has 0 saturated heterocycles. The standard InChI is InChI=1S/C15H21NO3/c1-19-15(18)12-5-7-13(8-6-12)16-10-11-3-2-4-14(17)9-11/h2-4,9,12-13,16-17H,5-8,10H2,1H3. The Morgan fingerprint density at radius 1 is 1.37 bits per heavy atom. The van der Waals surface area contributed by atoms with E-state index in [1.165, 1.54) is 7.11 Å². The van der Waals surface area contributed by atoms with Crippen LogP contribution in [0.1, 0.15) is 31.2 Å². The molecule has 0 radical (unpaired) electrons. The fraction of sp³-hybridized carbons (Fsp3) is 0.533. The van der Waals surface area contributed by atoms with Gasteiger partial charge in [-0.3, -0.25) is 4.79 Å². The van der Waals surface area contributed by atoms with Crippen LogP contribution >= 0.6 is 0 Å². The highest BCUT2D eigenvalue weighted by Gasteiger charge is 2.26. The molecule has 2 rings (SSSR count). The zero-order valence-corrected chi connectivity index (χ0v) is 11.3. The predicted octanol–water partition coefficient (Wildman–Crippen LogP) is 2.21. The van der Waals surface area contributed by atoms with Crippen molar-refractivity contribution in [3.63, 3.8) is 0 Å². The number of aromatic hydroxyl groups is 1. The molecule has 0 unspecified atom stereocenters. The Morgan fingerprint density at radius 3 is 2.74 bits per heavy atom.